The van der Waals surface area contributed by atoms with Crippen LogP contribution in [0.5, 0.6) is 0 Å². The van der Waals surface area contributed by atoms with Gasteiger partial charge in [0.05, 0.1) is 6.54 Å². The minimum absolute atomic E-state index is 0.201. The van der Waals surface area contributed by atoms with Crippen LogP contribution in [0, 0.1) is 0 Å². The van der Waals surface area contributed by atoms with Crippen molar-refractivity contribution in [1.82, 2.24) is 10.3 Å². The fraction of sp³-hybridized carbons (Fsp3) is 0.417. The maximum absolute atomic E-state index is 11.4. The predicted octanol–water partition coefficient (Wildman–Crippen LogP) is -0.0340. The molecule has 3 N–H and O–H groups in total. The lowest BCUT2D eigenvalue weighted by molar-refractivity contribution is -0.156. The number of hydrogen-bond acceptors (Lipinski definition) is 4. The van der Waals surface area contributed by atoms with E-state index in [4.69, 9.17) is 5.11 Å². The van der Waals surface area contributed by atoms with Gasteiger partial charge in [-0.25, -0.2) is 4.79 Å². The van der Waals surface area contributed by atoms with E-state index in [9.17, 15) is 14.7 Å². The van der Waals surface area contributed by atoms with Crippen molar-refractivity contribution in [3.63, 3.8) is 0 Å². The molecule has 1 heterocycles. The molecule has 1 amide bonds. The van der Waals surface area contributed by atoms with Crippen LogP contribution in [0.1, 0.15) is 19.0 Å². The van der Waals surface area contributed by atoms with Gasteiger partial charge in [0.2, 0.25) is 5.91 Å². The molecule has 0 spiro atoms. The molecule has 6 nitrogen and oxygen atoms in total. The van der Waals surface area contributed by atoms with E-state index in [1.165, 1.54) is 0 Å². The van der Waals surface area contributed by atoms with E-state index in [-0.39, 0.29) is 18.9 Å². The highest BCUT2D eigenvalue weighted by atomic mass is 16.4. The van der Waals surface area contributed by atoms with Gasteiger partial charge in [-0.05, 0) is 25.5 Å². The summed E-state index contributed by atoms with van der Waals surface area (Å²) in [4.78, 5) is 26.1. The van der Waals surface area contributed by atoms with Crippen molar-refractivity contribution in [2.45, 2.75) is 25.4 Å². The molecule has 0 bridgehead atoms. The molecule has 0 aromatic carbocycles. The third-order valence-electron chi connectivity index (χ3n) is 2.42. The van der Waals surface area contributed by atoms with E-state index in [0.29, 0.717) is 6.42 Å². The number of amides is 1. The Kier molecular flexibility index (Phi) is 4.79. The number of rotatable bonds is 6. The van der Waals surface area contributed by atoms with Gasteiger partial charge in [0.15, 0.2) is 5.60 Å². The third-order valence-corrected chi connectivity index (χ3v) is 2.42. The van der Waals surface area contributed by atoms with Crippen LogP contribution in [0.3, 0.4) is 0 Å². The molecule has 0 saturated carbocycles. The number of aromatic nitrogens is 1. The van der Waals surface area contributed by atoms with Gasteiger partial charge in [-0.1, -0.05) is 6.07 Å². The molecule has 1 unspecified atom stereocenters. The summed E-state index contributed by atoms with van der Waals surface area (Å²) >= 11 is 0. The molecule has 18 heavy (non-hydrogen) atoms. The molecule has 6 heteroatoms. The fourth-order valence-corrected chi connectivity index (χ4v) is 1.22. The van der Waals surface area contributed by atoms with Crippen LogP contribution in [0.15, 0.2) is 24.4 Å². The number of carboxylic acid groups (broad SMARTS) is 1. The molecule has 0 radical (unpaired) electrons. The lowest BCUT2D eigenvalue weighted by Gasteiger charge is -2.18. The summed E-state index contributed by atoms with van der Waals surface area (Å²) in [6.07, 6.45) is 2.32. The summed E-state index contributed by atoms with van der Waals surface area (Å²) in [5, 5.41) is 20.4. The molecule has 0 aliphatic carbocycles. The van der Waals surface area contributed by atoms with E-state index in [2.05, 4.69) is 10.3 Å². The van der Waals surface area contributed by atoms with Gasteiger partial charge in [-0.3, -0.25) is 9.78 Å². The number of aryl methyl sites for hydroxylation is 1. The first kappa shape index (κ1) is 14.1. The average Bonchev–Trinajstić information content (AvgIpc) is 2.35. The molecule has 1 aromatic rings. The highest BCUT2D eigenvalue weighted by Gasteiger charge is 2.30. The second kappa shape index (κ2) is 6.11. The molecule has 0 aliphatic rings. The summed E-state index contributed by atoms with van der Waals surface area (Å²) in [5.41, 5.74) is -1.15. The largest absolute Gasteiger partial charge is 0.479 e. The minimum atomic E-state index is -1.94. The number of aliphatic carboxylic acids is 1. The Morgan fingerprint density at radius 1 is 1.44 bits per heavy atom. The van der Waals surface area contributed by atoms with Crippen molar-refractivity contribution in [3.05, 3.63) is 30.1 Å². The molecule has 1 atom stereocenters. The Morgan fingerprint density at radius 3 is 2.72 bits per heavy atom. The first-order valence-electron chi connectivity index (χ1n) is 5.54. The van der Waals surface area contributed by atoms with E-state index in [1.807, 2.05) is 6.07 Å². The maximum Gasteiger partial charge on any atom is 0.337 e. The number of aliphatic hydroxyl groups is 1. The van der Waals surface area contributed by atoms with Crippen LogP contribution in [0.25, 0.3) is 0 Å². The van der Waals surface area contributed by atoms with Crippen molar-refractivity contribution in [1.29, 1.82) is 0 Å². The van der Waals surface area contributed by atoms with E-state index in [0.717, 1.165) is 12.6 Å². The van der Waals surface area contributed by atoms with Gasteiger partial charge in [0.1, 0.15) is 0 Å². The number of carboxylic acids is 1. The number of nitrogens with one attached hydrogen (secondary N) is 1. The molecule has 0 fully saturated rings. The zero-order valence-corrected chi connectivity index (χ0v) is 10.1. The lowest BCUT2D eigenvalue weighted by atomic mass is 10.1. The molecular formula is C12H16N2O4. The molecule has 98 valence electrons. The summed E-state index contributed by atoms with van der Waals surface area (Å²) in [6, 6.07) is 5.42. The van der Waals surface area contributed by atoms with Crippen LogP contribution in [-0.4, -0.2) is 39.2 Å². The number of pyridine rings is 1. The van der Waals surface area contributed by atoms with Crippen molar-refractivity contribution in [2.75, 3.05) is 6.54 Å². The smallest absolute Gasteiger partial charge is 0.337 e. The van der Waals surface area contributed by atoms with E-state index >= 15 is 0 Å². The molecule has 1 aromatic heterocycles. The van der Waals surface area contributed by atoms with Crippen LogP contribution >= 0.6 is 0 Å². The van der Waals surface area contributed by atoms with Gasteiger partial charge < -0.3 is 15.5 Å². The highest BCUT2D eigenvalue weighted by Crippen LogP contribution is 2.02. The summed E-state index contributed by atoms with van der Waals surface area (Å²) in [5.74, 6) is -1.69. The Labute approximate surface area is 105 Å². The zero-order chi connectivity index (χ0) is 13.6. The fourth-order valence-electron chi connectivity index (χ4n) is 1.22. The standard InChI is InChI=1S/C12H16N2O4/c1-12(18,11(16)17)8-14-10(15)6-5-9-4-2-3-7-13-9/h2-4,7,18H,5-6,8H2,1H3,(H,14,15)(H,16,17). The van der Waals surface area contributed by atoms with Gasteiger partial charge >= 0.3 is 5.97 Å². The maximum atomic E-state index is 11.4. The van der Waals surface area contributed by atoms with Gasteiger partial charge in [-0.15, -0.1) is 0 Å². The minimum Gasteiger partial charge on any atom is -0.479 e. The monoisotopic (exact) mass is 252 g/mol. The highest BCUT2D eigenvalue weighted by molar-refractivity contribution is 5.80. The second-order valence-electron chi connectivity index (χ2n) is 4.18. The number of carbonyl (C=O) groups excluding carboxylic acids is 1. The second-order valence-corrected chi connectivity index (χ2v) is 4.18. The molecule has 1 rings (SSSR count). The Morgan fingerprint density at radius 2 is 2.17 bits per heavy atom. The summed E-state index contributed by atoms with van der Waals surface area (Å²) in [6.45, 7) is 0.817. The zero-order valence-electron chi connectivity index (χ0n) is 10.1. The number of nitrogens with zero attached hydrogens (tertiary/aromatic N) is 1. The normalized spacial score (nSPS) is 13.7. The Bertz CT molecular complexity index is 417. The first-order valence-corrected chi connectivity index (χ1v) is 5.54. The Balaban J connectivity index is 2.33. The average molecular weight is 252 g/mol. The SMILES string of the molecule is CC(O)(CNC(=O)CCc1ccccn1)C(=O)O. The van der Waals surface area contributed by atoms with Gasteiger partial charge in [0, 0.05) is 18.3 Å². The predicted molar refractivity (Wildman–Crippen MR) is 63.8 cm³/mol. The van der Waals surface area contributed by atoms with Crippen molar-refractivity contribution < 1.29 is 19.8 Å². The van der Waals surface area contributed by atoms with Crippen molar-refractivity contribution in [3.8, 4) is 0 Å². The molecule has 0 aliphatic heterocycles. The lowest BCUT2D eigenvalue weighted by Crippen LogP contribution is -2.46. The first-order chi connectivity index (χ1) is 8.42. The number of carbonyl (C=O) groups is 2. The summed E-state index contributed by atoms with van der Waals surface area (Å²) < 4.78 is 0. The van der Waals surface area contributed by atoms with Crippen LogP contribution < -0.4 is 5.32 Å². The quantitative estimate of drug-likeness (QED) is 0.660. The van der Waals surface area contributed by atoms with Gasteiger partial charge in [-0.2, -0.15) is 0 Å². The van der Waals surface area contributed by atoms with Crippen LogP contribution in [0.2, 0.25) is 0 Å². The van der Waals surface area contributed by atoms with E-state index < -0.39 is 11.6 Å². The molecule has 0 saturated heterocycles. The Hall–Kier alpha value is -1.95. The van der Waals surface area contributed by atoms with Crippen molar-refractivity contribution in [2.24, 2.45) is 0 Å². The van der Waals surface area contributed by atoms with E-state index in [1.54, 1.807) is 18.3 Å². The van der Waals surface area contributed by atoms with Gasteiger partial charge in [0.25, 0.3) is 0 Å². The van der Waals surface area contributed by atoms with Crippen LogP contribution in [-0.2, 0) is 16.0 Å². The molecular weight excluding hydrogens is 236 g/mol. The third kappa shape index (κ3) is 4.50. The topological polar surface area (TPSA) is 99.5 Å². The van der Waals surface area contributed by atoms with Crippen molar-refractivity contribution >= 4 is 11.9 Å². The number of hydrogen-bond donors (Lipinski definition) is 3. The summed E-state index contributed by atoms with van der Waals surface area (Å²) in [7, 11) is 0. The van der Waals surface area contributed by atoms with Crippen LogP contribution in [0.4, 0.5) is 0 Å².